The van der Waals surface area contributed by atoms with Crippen LogP contribution in [0.3, 0.4) is 0 Å². The fourth-order valence-electron chi connectivity index (χ4n) is 2.26. The van der Waals surface area contributed by atoms with Crippen LogP contribution in [0.5, 0.6) is 0 Å². The number of rotatable bonds is 7. The van der Waals surface area contributed by atoms with Gasteiger partial charge in [-0.25, -0.2) is 0 Å². The van der Waals surface area contributed by atoms with E-state index < -0.39 is 7.12 Å². The zero-order valence-corrected chi connectivity index (χ0v) is 13.6. The molecule has 1 aliphatic heterocycles. The second kappa shape index (κ2) is 7.16. The monoisotopic (exact) mass is 304 g/mol. The van der Waals surface area contributed by atoms with Gasteiger partial charge in [0.05, 0.1) is 6.61 Å². The number of amides is 1. The van der Waals surface area contributed by atoms with E-state index in [4.69, 9.17) is 4.65 Å². The average Bonchev–Trinajstić information content (AvgIpc) is 2.87. The molecule has 2 rings (SSSR count). The lowest BCUT2D eigenvalue weighted by Gasteiger charge is -2.21. The van der Waals surface area contributed by atoms with E-state index in [1.54, 1.807) is 0 Å². The van der Waals surface area contributed by atoms with Crippen LogP contribution in [0.2, 0.25) is 0 Å². The normalized spacial score (nSPS) is 13.9. The average molecular weight is 304 g/mol. The van der Waals surface area contributed by atoms with E-state index in [-0.39, 0.29) is 11.3 Å². The van der Waals surface area contributed by atoms with Gasteiger partial charge in [-0.05, 0) is 36.0 Å². The van der Waals surface area contributed by atoms with Gasteiger partial charge in [-0.2, -0.15) is 0 Å². The quantitative estimate of drug-likeness (QED) is 0.524. The van der Waals surface area contributed by atoms with E-state index in [1.807, 2.05) is 39.0 Å². The maximum Gasteiger partial charge on any atom is 0.491 e. The van der Waals surface area contributed by atoms with Gasteiger partial charge in [0.1, 0.15) is 0 Å². The van der Waals surface area contributed by atoms with Crippen LogP contribution in [0.1, 0.15) is 39.2 Å². The fraction of sp³-hybridized carbons (Fsp3) is 0.562. The van der Waals surface area contributed by atoms with Crippen LogP contribution in [-0.4, -0.2) is 31.1 Å². The Balaban J connectivity index is 1.71. The highest BCUT2D eigenvalue weighted by Crippen LogP contribution is 2.19. The van der Waals surface area contributed by atoms with Crippen molar-refractivity contribution in [1.82, 2.24) is 5.32 Å². The van der Waals surface area contributed by atoms with Crippen LogP contribution in [0.25, 0.3) is 0 Å². The number of hydrogen-bond acceptors (Lipinski definition) is 4. The highest BCUT2D eigenvalue weighted by Gasteiger charge is 2.27. The lowest BCUT2D eigenvalue weighted by molar-refractivity contribution is -0.129. The second-order valence-corrected chi connectivity index (χ2v) is 6.35. The zero-order chi connectivity index (χ0) is 16.2. The van der Waals surface area contributed by atoms with Crippen LogP contribution in [0.4, 0.5) is 5.69 Å². The Morgan fingerprint density at radius 3 is 2.91 bits per heavy atom. The molecule has 0 atom stereocenters. The first-order valence-corrected chi connectivity index (χ1v) is 7.88. The summed E-state index contributed by atoms with van der Waals surface area (Å²) in [6.45, 7) is 7.85. The van der Waals surface area contributed by atoms with Crippen LogP contribution in [0, 0.1) is 5.41 Å². The highest BCUT2D eigenvalue weighted by atomic mass is 16.5. The molecule has 0 aromatic heterocycles. The Morgan fingerprint density at radius 1 is 1.41 bits per heavy atom. The summed E-state index contributed by atoms with van der Waals surface area (Å²) in [6.07, 6.45) is 1.70. The van der Waals surface area contributed by atoms with Gasteiger partial charge in [-0.1, -0.05) is 26.8 Å². The molecule has 1 amide bonds. The molecule has 3 N–H and O–H groups in total. The third kappa shape index (κ3) is 4.02. The molecule has 1 aromatic rings. The van der Waals surface area contributed by atoms with Gasteiger partial charge >= 0.3 is 7.12 Å². The number of carbonyl (C=O) groups is 1. The molecule has 120 valence electrons. The van der Waals surface area contributed by atoms with Crippen molar-refractivity contribution >= 4 is 24.2 Å². The Morgan fingerprint density at radius 2 is 2.18 bits per heavy atom. The van der Waals surface area contributed by atoms with Gasteiger partial charge in [-0.15, -0.1) is 0 Å². The van der Waals surface area contributed by atoms with Crippen molar-refractivity contribution in [3.8, 4) is 0 Å². The SMILES string of the molecule is CCC(C)(C)C(=O)NCCCNc1ccc2c(c1)COB2O. The summed E-state index contributed by atoms with van der Waals surface area (Å²) < 4.78 is 5.17. The summed E-state index contributed by atoms with van der Waals surface area (Å²) >= 11 is 0. The Labute approximate surface area is 132 Å². The van der Waals surface area contributed by atoms with Gasteiger partial charge in [0, 0.05) is 24.2 Å². The van der Waals surface area contributed by atoms with Crippen LogP contribution >= 0.6 is 0 Å². The minimum Gasteiger partial charge on any atom is -0.423 e. The lowest BCUT2D eigenvalue weighted by atomic mass is 9.79. The Hall–Kier alpha value is -1.53. The Bertz CT molecular complexity index is 534. The summed E-state index contributed by atoms with van der Waals surface area (Å²) in [5.41, 5.74) is 2.58. The van der Waals surface area contributed by atoms with Crippen molar-refractivity contribution in [3.05, 3.63) is 23.8 Å². The molecular formula is C16H25BN2O3. The minimum absolute atomic E-state index is 0.110. The molecule has 1 heterocycles. The lowest BCUT2D eigenvalue weighted by Crippen LogP contribution is -2.37. The first-order valence-electron chi connectivity index (χ1n) is 7.88. The summed E-state index contributed by atoms with van der Waals surface area (Å²) in [6, 6.07) is 5.83. The van der Waals surface area contributed by atoms with Crippen molar-refractivity contribution in [2.75, 3.05) is 18.4 Å². The van der Waals surface area contributed by atoms with Crippen molar-refractivity contribution < 1.29 is 14.5 Å². The topological polar surface area (TPSA) is 70.6 Å². The molecule has 5 nitrogen and oxygen atoms in total. The zero-order valence-electron chi connectivity index (χ0n) is 13.6. The van der Waals surface area contributed by atoms with E-state index in [0.717, 1.165) is 36.1 Å². The molecule has 1 aliphatic rings. The van der Waals surface area contributed by atoms with Crippen molar-refractivity contribution in [2.45, 2.75) is 40.2 Å². The van der Waals surface area contributed by atoms with E-state index in [1.165, 1.54) is 0 Å². The maximum absolute atomic E-state index is 11.9. The molecule has 0 spiro atoms. The number of carbonyl (C=O) groups excluding carboxylic acids is 1. The molecule has 0 fully saturated rings. The summed E-state index contributed by atoms with van der Waals surface area (Å²) in [7, 11) is -0.791. The van der Waals surface area contributed by atoms with Crippen molar-refractivity contribution in [2.24, 2.45) is 5.41 Å². The Kier molecular flexibility index (Phi) is 5.48. The largest absolute Gasteiger partial charge is 0.491 e. The number of benzene rings is 1. The smallest absolute Gasteiger partial charge is 0.423 e. The van der Waals surface area contributed by atoms with E-state index in [0.29, 0.717) is 13.2 Å². The number of nitrogens with one attached hydrogen (secondary N) is 2. The number of hydrogen-bond donors (Lipinski definition) is 3. The molecule has 0 aliphatic carbocycles. The molecule has 1 aromatic carbocycles. The van der Waals surface area contributed by atoms with Crippen molar-refractivity contribution in [3.63, 3.8) is 0 Å². The maximum atomic E-state index is 11.9. The molecule has 0 saturated carbocycles. The molecule has 0 bridgehead atoms. The summed E-state index contributed by atoms with van der Waals surface area (Å²) in [4.78, 5) is 11.9. The highest BCUT2D eigenvalue weighted by molar-refractivity contribution is 6.61. The first kappa shape index (κ1) is 16.8. The predicted molar refractivity (Wildman–Crippen MR) is 89.0 cm³/mol. The number of anilines is 1. The van der Waals surface area contributed by atoms with Crippen LogP contribution in [0.15, 0.2) is 18.2 Å². The third-order valence-corrected chi connectivity index (χ3v) is 4.27. The molecule has 0 radical (unpaired) electrons. The molecule has 22 heavy (non-hydrogen) atoms. The second-order valence-electron chi connectivity index (χ2n) is 6.35. The molecule has 0 saturated heterocycles. The van der Waals surface area contributed by atoms with E-state index >= 15 is 0 Å². The van der Waals surface area contributed by atoms with Gasteiger partial charge in [0.15, 0.2) is 0 Å². The third-order valence-electron chi connectivity index (χ3n) is 4.27. The van der Waals surface area contributed by atoms with Crippen LogP contribution < -0.4 is 16.1 Å². The number of fused-ring (bicyclic) bond motifs is 1. The van der Waals surface area contributed by atoms with Gasteiger partial charge in [0.2, 0.25) is 5.91 Å². The van der Waals surface area contributed by atoms with Crippen LogP contribution in [-0.2, 0) is 16.1 Å². The predicted octanol–water partition coefficient (Wildman–Crippen LogP) is 1.26. The summed E-state index contributed by atoms with van der Waals surface area (Å²) in [5, 5.41) is 15.9. The molecule has 6 heteroatoms. The molecule has 0 unspecified atom stereocenters. The van der Waals surface area contributed by atoms with Gasteiger partial charge in [-0.3, -0.25) is 4.79 Å². The van der Waals surface area contributed by atoms with Crippen molar-refractivity contribution in [1.29, 1.82) is 0 Å². The fourth-order valence-corrected chi connectivity index (χ4v) is 2.26. The first-order chi connectivity index (χ1) is 10.4. The van der Waals surface area contributed by atoms with Gasteiger partial charge < -0.3 is 20.3 Å². The van der Waals surface area contributed by atoms with Gasteiger partial charge in [0.25, 0.3) is 0 Å². The van der Waals surface area contributed by atoms with E-state index in [9.17, 15) is 9.82 Å². The standard InChI is InChI=1S/C16H25BN2O3/c1-4-16(2,3)15(20)19-9-5-8-18-13-6-7-14-12(10-13)11-22-17(14)21/h6-7,10,18,21H,4-5,8-9,11H2,1-3H3,(H,19,20). The minimum atomic E-state index is -0.791. The van der Waals surface area contributed by atoms with E-state index in [2.05, 4.69) is 10.6 Å². The summed E-state index contributed by atoms with van der Waals surface area (Å²) in [5.74, 6) is 0.110. The molecular weight excluding hydrogens is 279 g/mol.